The van der Waals surface area contributed by atoms with Gasteiger partial charge in [-0.15, -0.1) is 11.3 Å². The molecule has 0 bridgehead atoms. The molecule has 1 aliphatic heterocycles. The molecule has 0 radical (unpaired) electrons. The molecular weight excluding hydrogens is 280 g/mol. The van der Waals surface area contributed by atoms with Crippen molar-refractivity contribution in [3.05, 3.63) is 22.4 Å². The summed E-state index contributed by atoms with van der Waals surface area (Å²) < 4.78 is 0. The summed E-state index contributed by atoms with van der Waals surface area (Å²) >= 11 is 1.62. The third kappa shape index (κ3) is 3.49. The second-order valence-corrected chi connectivity index (χ2v) is 6.06. The Hall–Kier alpha value is -1.60. The predicted molar refractivity (Wildman–Crippen MR) is 74.8 cm³/mol. The molecule has 2 rings (SSSR count). The molecule has 3 atom stereocenters. The van der Waals surface area contributed by atoms with Gasteiger partial charge in [-0.1, -0.05) is 6.07 Å². The zero-order valence-electron chi connectivity index (χ0n) is 11.2. The van der Waals surface area contributed by atoms with Crippen LogP contribution in [0.25, 0.3) is 0 Å². The highest BCUT2D eigenvalue weighted by Crippen LogP contribution is 2.18. The quantitative estimate of drug-likeness (QED) is 0.770. The van der Waals surface area contributed by atoms with E-state index in [1.54, 1.807) is 11.3 Å². The van der Waals surface area contributed by atoms with Crippen molar-refractivity contribution in [2.45, 2.75) is 38.0 Å². The van der Waals surface area contributed by atoms with Crippen LogP contribution in [-0.2, 0) is 11.2 Å². The lowest BCUT2D eigenvalue weighted by Gasteiger charge is -2.24. The fraction of sp³-hybridized carbons (Fsp3) is 0.538. The van der Waals surface area contributed by atoms with E-state index in [1.807, 2.05) is 24.4 Å². The minimum absolute atomic E-state index is 0.0640. The normalized spacial score (nSPS) is 23.6. The third-order valence-corrected chi connectivity index (χ3v) is 4.18. The maximum absolute atomic E-state index is 12.1. The minimum Gasteiger partial charge on any atom is -0.480 e. The number of hydrogen-bond donors (Lipinski definition) is 3. The van der Waals surface area contributed by atoms with Gasteiger partial charge in [-0.25, -0.2) is 9.59 Å². The van der Waals surface area contributed by atoms with Gasteiger partial charge in [0.1, 0.15) is 6.04 Å². The molecule has 2 amide bonds. The summed E-state index contributed by atoms with van der Waals surface area (Å²) in [6.07, 6.45) is 0.0222. The van der Waals surface area contributed by atoms with Crippen molar-refractivity contribution in [1.29, 1.82) is 0 Å². The van der Waals surface area contributed by atoms with Gasteiger partial charge in [0, 0.05) is 30.3 Å². The first-order valence-corrected chi connectivity index (χ1v) is 7.35. The van der Waals surface area contributed by atoms with Gasteiger partial charge in [0.2, 0.25) is 0 Å². The number of rotatable bonds is 4. The van der Waals surface area contributed by atoms with E-state index in [9.17, 15) is 14.7 Å². The van der Waals surface area contributed by atoms with E-state index in [2.05, 4.69) is 5.32 Å². The van der Waals surface area contributed by atoms with E-state index in [0.29, 0.717) is 6.42 Å². The van der Waals surface area contributed by atoms with E-state index < -0.39 is 24.1 Å². The molecule has 1 fully saturated rings. The van der Waals surface area contributed by atoms with Crippen LogP contribution < -0.4 is 5.32 Å². The second kappa shape index (κ2) is 6.23. The lowest BCUT2D eigenvalue weighted by Crippen LogP contribution is -2.49. The number of carbonyl (C=O) groups excluding carboxylic acids is 1. The van der Waals surface area contributed by atoms with E-state index in [1.165, 1.54) is 4.90 Å². The Bertz CT molecular complexity index is 477. The summed E-state index contributed by atoms with van der Waals surface area (Å²) in [4.78, 5) is 25.5. The summed E-state index contributed by atoms with van der Waals surface area (Å²) in [6, 6.07) is 2.48. The molecule has 20 heavy (non-hydrogen) atoms. The smallest absolute Gasteiger partial charge is 0.326 e. The van der Waals surface area contributed by atoms with Gasteiger partial charge in [-0.2, -0.15) is 0 Å². The summed E-state index contributed by atoms with van der Waals surface area (Å²) in [5, 5.41) is 23.3. The van der Waals surface area contributed by atoms with Crippen molar-refractivity contribution in [3.63, 3.8) is 0 Å². The molecule has 0 aliphatic carbocycles. The maximum Gasteiger partial charge on any atom is 0.326 e. The van der Waals surface area contributed by atoms with Gasteiger partial charge in [0.05, 0.1) is 6.10 Å². The molecule has 2 heterocycles. The predicted octanol–water partition coefficient (Wildman–Crippen LogP) is 0.908. The molecule has 0 saturated carbocycles. The number of carboxylic acid groups (broad SMARTS) is 1. The SMILES string of the molecule is CC(Cc1cccs1)NC(=O)N1C[C@@H](O)C[C@H]1C(=O)O. The van der Waals surface area contributed by atoms with Crippen LogP contribution in [0.3, 0.4) is 0 Å². The van der Waals surface area contributed by atoms with Crippen LogP contribution >= 0.6 is 11.3 Å². The first-order chi connectivity index (χ1) is 9.47. The van der Waals surface area contributed by atoms with Crippen LogP contribution in [0.15, 0.2) is 17.5 Å². The number of β-amino-alcohol motifs (C(OH)–C–C–N with tert-alkyl or cyclic N) is 1. The average Bonchev–Trinajstić information content (AvgIpc) is 2.97. The topological polar surface area (TPSA) is 89.9 Å². The fourth-order valence-corrected chi connectivity index (χ4v) is 3.18. The van der Waals surface area contributed by atoms with Crippen LogP contribution in [0.1, 0.15) is 18.2 Å². The van der Waals surface area contributed by atoms with Gasteiger partial charge in [-0.3, -0.25) is 0 Å². The molecule has 0 spiro atoms. The van der Waals surface area contributed by atoms with E-state index in [-0.39, 0.29) is 19.0 Å². The highest BCUT2D eigenvalue weighted by molar-refractivity contribution is 7.09. The van der Waals surface area contributed by atoms with Gasteiger partial charge in [0.25, 0.3) is 0 Å². The number of likely N-dealkylation sites (tertiary alicyclic amines) is 1. The number of carbonyl (C=O) groups is 2. The Morgan fingerprint density at radius 2 is 2.35 bits per heavy atom. The number of carboxylic acids is 1. The Morgan fingerprint density at radius 1 is 1.60 bits per heavy atom. The van der Waals surface area contributed by atoms with Gasteiger partial charge < -0.3 is 20.4 Å². The van der Waals surface area contributed by atoms with Crippen molar-refractivity contribution in [1.82, 2.24) is 10.2 Å². The number of amides is 2. The zero-order valence-corrected chi connectivity index (χ0v) is 12.0. The number of nitrogens with zero attached hydrogens (tertiary/aromatic N) is 1. The molecular formula is C13H18N2O4S. The first kappa shape index (κ1) is 14.8. The van der Waals surface area contributed by atoms with Crippen molar-refractivity contribution in [3.8, 4) is 0 Å². The highest BCUT2D eigenvalue weighted by Gasteiger charge is 2.39. The number of urea groups is 1. The number of aliphatic carboxylic acids is 1. The van der Waals surface area contributed by atoms with Gasteiger partial charge in [0.15, 0.2) is 0 Å². The van der Waals surface area contributed by atoms with Crippen molar-refractivity contribution in [2.75, 3.05) is 6.54 Å². The van der Waals surface area contributed by atoms with Crippen LogP contribution in [0.4, 0.5) is 4.79 Å². The van der Waals surface area contributed by atoms with E-state index >= 15 is 0 Å². The third-order valence-electron chi connectivity index (χ3n) is 3.28. The number of thiophene rings is 1. The summed E-state index contributed by atoms with van der Waals surface area (Å²) in [5.74, 6) is -1.08. The monoisotopic (exact) mass is 298 g/mol. The van der Waals surface area contributed by atoms with Crippen molar-refractivity contribution in [2.24, 2.45) is 0 Å². The minimum atomic E-state index is -1.08. The molecule has 1 aliphatic rings. The Kier molecular flexibility index (Phi) is 4.61. The molecule has 1 aromatic rings. The largest absolute Gasteiger partial charge is 0.480 e. The molecule has 3 N–H and O–H groups in total. The standard InChI is InChI=1S/C13H18N2O4S/c1-8(5-10-3-2-4-20-10)14-13(19)15-7-9(16)6-11(15)12(17)18/h2-4,8-9,11,16H,5-7H2,1H3,(H,14,19)(H,17,18)/t8?,9-,11-/m0/s1. The molecule has 7 heteroatoms. The van der Waals surface area contributed by atoms with E-state index in [4.69, 9.17) is 5.11 Å². The van der Waals surface area contributed by atoms with E-state index in [0.717, 1.165) is 4.88 Å². The average molecular weight is 298 g/mol. The van der Waals surface area contributed by atoms with Crippen LogP contribution in [0.5, 0.6) is 0 Å². The van der Waals surface area contributed by atoms with Crippen molar-refractivity contribution >= 4 is 23.3 Å². The van der Waals surface area contributed by atoms with Gasteiger partial charge in [-0.05, 0) is 18.4 Å². The summed E-state index contributed by atoms with van der Waals surface area (Å²) in [7, 11) is 0. The number of nitrogens with one attached hydrogen (secondary N) is 1. The Morgan fingerprint density at radius 3 is 2.95 bits per heavy atom. The molecule has 0 aromatic carbocycles. The zero-order chi connectivity index (χ0) is 14.7. The molecule has 1 saturated heterocycles. The van der Waals surface area contributed by atoms with Gasteiger partial charge >= 0.3 is 12.0 Å². The number of aliphatic hydroxyl groups excluding tert-OH is 1. The summed E-state index contributed by atoms with van der Waals surface area (Å²) in [6.45, 7) is 1.94. The first-order valence-electron chi connectivity index (χ1n) is 6.47. The maximum atomic E-state index is 12.1. The van der Waals surface area contributed by atoms with Crippen LogP contribution in [0, 0.1) is 0 Å². The molecule has 1 unspecified atom stereocenters. The molecule has 6 nitrogen and oxygen atoms in total. The number of aliphatic hydroxyl groups is 1. The molecule has 1 aromatic heterocycles. The van der Waals surface area contributed by atoms with Crippen molar-refractivity contribution < 1.29 is 19.8 Å². The lowest BCUT2D eigenvalue weighted by molar-refractivity contribution is -0.141. The fourth-order valence-electron chi connectivity index (χ4n) is 2.35. The van der Waals surface area contributed by atoms with Crippen LogP contribution in [-0.4, -0.2) is 51.8 Å². The Balaban J connectivity index is 1.92. The Labute approximate surface area is 121 Å². The number of hydrogen-bond acceptors (Lipinski definition) is 4. The molecule has 110 valence electrons. The summed E-state index contributed by atoms with van der Waals surface area (Å²) in [5.41, 5.74) is 0. The second-order valence-electron chi connectivity index (χ2n) is 5.03. The lowest BCUT2D eigenvalue weighted by atomic mass is 10.2. The highest BCUT2D eigenvalue weighted by atomic mass is 32.1. The van der Waals surface area contributed by atoms with Crippen LogP contribution in [0.2, 0.25) is 0 Å².